The zero-order chi connectivity index (χ0) is 27.0. The van der Waals surface area contributed by atoms with Crippen molar-refractivity contribution < 1.29 is 35.9 Å². The van der Waals surface area contributed by atoms with E-state index in [4.69, 9.17) is 0 Å². The maximum atomic E-state index is 13.6. The van der Waals surface area contributed by atoms with Crippen LogP contribution in [0.1, 0.15) is 63.5 Å². The fraction of sp³-hybridized carbons (Fsp3) is 0.630. The van der Waals surface area contributed by atoms with Gasteiger partial charge in [-0.1, -0.05) is 19.9 Å². The van der Waals surface area contributed by atoms with E-state index < -0.39 is 46.4 Å². The Morgan fingerprint density at radius 1 is 0.973 bits per heavy atom. The number of anilines is 1. The van der Waals surface area contributed by atoms with Crippen LogP contribution in [-0.2, 0) is 21.9 Å². The summed E-state index contributed by atoms with van der Waals surface area (Å²) in [6.45, 7) is 4.17. The number of alkyl halides is 6. The summed E-state index contributed by atoms with van der Waals surface area (Å²) in [5.41, 5.74) is -4.06. The van der Waals surface area contributed by atoms with Crippen LogP contribution in [0.2, 0.25) is 0 Å². The van der Waals surface area contributed by atoms with Gasteiger partial charge in [0.15, 0.2) is 0 Å². The molecule has 202 valence electrons. The number of halogens is 6. The summed E-state index contributed by atoms with van der Waals surface area (Å²) < 4.78 is 80.4. The number of rotatable bonds is 2. The molecule has 1 heterocycles. The standard InChI is InChI=1S/C27H30F6N2O2/c1-24-11-9-17-15(4-8-21-25(17,2)12-10-22(36)35-21)16(24)6-7-19(24)23(37)34-20-13-14(26(28,29)30)3-5-18(20)27(31,32)33/h3,5,10,12-13,15-17,19,21H,4,6-9,11H2,1-2H3,(H,34,37)(H,35,36)/t15?,16?,17?,19?,21-,24?,25?/m0/s1. The molecule has 4 nitrogen and oxygen atoms in total. The van der Waals surface area contributed by atoms with Gasteiger partial charge in [-0.25, -0.2) is 0 Å². The largest absolute Gasteiger partial charge is 0.418 e. The lowest BCUT2D eigenvalue weighted by Gasteiger charge is -2.58. The van der Waals surface area contributed by atoms with Gasteiger partial charge in [-0.15, -0.1) is 0 Å². The van der Waals surface area contributed by atoms with E-state index in [-0.39, 0.29) is 23.3 Å². The molecule has 0 saturated heterocycles. The third kappa shape index (κ3) is 4.24. The van der Waals surface area contributed by atoms with E-state index in [1.807, 2.05) is 13.0 Å². The molecule has 1 aromatic carbocycles. The van der Waals surface area contributed by atoms with Crippen LogP contribution >= 0.6 is 0 Å². The van der Waals surface area contributed by atoms with Crippen molar-refractivity contribution in [1.82, 2.24) is 5.32 Å². The number of hydrogen-bond acceptors (Lipinski definition) is 2. The Kier molecular flexibility index (Phi) is 5.99. The molecular weight excluding hydrogens is 498 g/mol. The topological polar surface area (TPSA) is 58.2 Å². The van der Waals surface area contributed by atoms with Crippen molar-refractivity contribution in [2.45, 2.75) is 70.8 Å². The molecule has 0 radical (unpaired) electrons. The van der Waals surface area contributed by atoms with E-state index in [0.29, 0.717) is 42.9 Å². The van der Waals surface area contributed by atoms with Crippen LogP contribution in [0, 0.1) is 34.5 Å². The lowest BCUT2D eigenvalue weighted by atomic mass is 9.48. The Balaban J connectivity index is 1.40. The molecule has 0 aromatic heterocycles. The Labute approximate surface area is 211 Å². The molecule has 37 heavy (non-hydrogen) atoms. The van der Waals surface area contributed by atoms with Gasteiger partial charge < -0.3 is 10.6 Å². The monoisotopic (exact) mass is 528 g/mol. The van der Waals surface area contributed by atoms with Crippen molar-refractivity contribution in [3.63, 3.8) is 0 Å². The highest BCUT2D eigenvalue weighted by atomic mass is 19.4. The van der Waals surface area contributed by atoms with Gasteiger partial charge in [0.05, 0.1) is 16.8 Å². The fourth-order valence-electron chi connectivity index (χ4n) is 8.06. The Bertz CT molecular complexity index is 1140. The van der Waals surface area contributed by atoms with Crippen LogP contribution < -0.4 is 10.6 Å². The zero-order valence-electron chi connectivity index (χ0n) is 20.6. The number of nitrogens with one attached hydrogen (secondary N) is 2. The van der Waals surface area contributed by atoms with E-state index in [0.717, 1.165) is 25.7 Å². The minimum atomic E-state index is -4.91. The van der Waals surface area contributed by atoms with E-state index in [1.165, 1.54) is 0 Å². The second-order valence-electron chi connectivity index (χ2n) is 11.6. The van der Waals surface area contributed by atoms with E-state index >= 15 is 0 Å². The second-order valence-corrected chi connectivity index (χ2v) is 11.6. The first-order valence-corrected chi connectivity index (χ1v) is 12.7. The molecule has 1 aromatic rings. The highest BCUT2D eigenvalue weighted by molar-refractivity contribution is 5.94. The average molecular weight is 529 g/mol. The molecular formula is C27H30F6N2O2. The molecule has 3 fully saturated rings. The first-order chi connectivity index (χ1) is 17.1. The highest BCUT2D eigenvalue weighted by Gasteiger charge is 2.61. The molecule has 2 amide bonds. The molecule has 3 aliphatic carbocycles. The number of benzene rings is 1. The minimum absolute atomic E-state index is 0.0535. The molecule has 0 bridgehead atoms. The first kappa shape index (κ1) is 26.1. The fourth-order valence-corrected chi connectivity index (χ4v) is 8.06. The summed E-state index contributed by atoms with van der Waals surface area (Å²) in [5.74, 6) is -0.555. The second kappa shape index (κ2) is 8.50. The molecule has 5 rings (SSSR count). The first-order valence-electron chi connectivity index (χ1n) is 12.7. The van der Waals surface area contributed by atoms with Gasteiger partial charge in [0.2, 0.25) is 11.8 Å². The Hall–Kier alpha value is -2.52. The zero-order valence-corrected chi connectivity index (χ0v) is 20.6. The van der Waals surface area contributed by atoms with Gasteiger partial charge in [0.25, 0.3) is 0 Å². The number of fused-ring (bicyclic) bond motifs is 5. The van der Waals surface area contributed by atoms with Crippen LogP contribution in [0.4, 0.5) is 32.0 Å². The van der Waals surface area contributed by atoms with Crippen LogP contribution in [0.3, 0.4) is 0 Å². The molecule has 10 heteroatoms. The molecule has 0 spiro atoms. The number of hydrogen-bond donors (Lipinski definition) is 2. The van der Waals surface area contributed by atoms with Gasteiger partial charge in [-0.05, 0) is 86.0 Å². The van der Waals surface area contributed by atoms with E-state index in [2.05, 4.69) is 17.6 Å². The van der Waals surface area contributed by atoms with E-state index in [1.54, 1.807) is 6.08 Å². The predicted molar refractivity (Wildman–Crippen MR) is 124 cm³/mol. The van der Waals surface area contributed by atoms with Crippen molar-refractivity contribution >= 4 is 17.5 Å². The highest BCUT2D eigenvalue weighted by Crippen LogP contribution is 2.65. The maximum Gasteiger partial charge on any atom is 0.418 e. The van der Waals surface area contributed by atoms with Crippen molar-refractivity contribution in [2.75, 3.05) is 5.32 Å². The summed E-state index contributed by atoms with van der Waals surface area (Å²) in [4.78, 5) is 25.3. The Morgan fingerprint density at radius 2 is 1.70 bits per heavy atom. The lowest BCUT2D eigenvalue weighted by molar-refractivity contribution is -0.141. The van der Waals surface area contributed by atoms with Crippen molar-refractivity contribution in [1.29, 1.82) is 0 Å². The van der Waals surface area contributed by atoms with Gasteiger partial charge in [0.1, 0.15) is 0 Å². The van der Waals surface area contributed by atoms with Gasteiger partial charge in [-0.3, -0.25) is 9.59 Å². The molecule has 1 aliphatic heterocycles. The van der Waals surface area contributed by atoms with Crippen LogP contribution in [0.5, 0.6) is 0 Å². The number of amides is 2. The summed E-state index contributed by atoms with van der Waals surface area (Å²) in [6.07, 6.45) is -1.73. The molecule has 7 atom stereocenters. The normalized spacial score (nSPS) is 37.3. The van der Waals surface area contributed by atoms with Crippen LogP contribution in [0.25, 0.3) is 0 Å². The predicted octanol–water partition coefficient (Wildman–Crippen LogP) is 6.58. The average Bonchev–Trinajstić information content (AvgIpc) is 3.15. The smallest absolute Gasteiger partial charge is 0.349 e. The molecule has 4 aliphatic rings. The minimum Gasteiger partial charge on any atom is -0.349 e. The van der Waals surface area contributed by atoms with Crippen molar-refractivity contribution in [3.05, 3.63) is 41.5 Å². The number of carbonyl (C=O) groups excluding carboxylic acids is 2. The third-order valence-corrected chi connectivity index (χ3v) is 9.91. The lowest BCUT2D eigenvalue weighted by Crippen LogP contribution is -2.59. The Morgan fingerprint density at radius 3 is 2.38 bits per heavy atom. The molecule has 6 unspecified atom stereocenters. The number of carbonyl (C=O) groups is 2. The summed E-state index contributed by atoms with van der Waals surface area (Å²) >= 11 is 0. The summed E-state index contributed by atoms with van der Waals surface area (Å²) in [6, 6.07) is 1.18. The van der Waals surface area contributed by atoms with Gasteiger partial charge >= 0.3 is 12.4 Å². The molecule has 3 saturated carbocycles. The SMILES string of the molecule is CC12CCC3C(CC[C@@H]4NC(=O)C=CC34C)C1CCC2C(=O)Nc1cc(C(F)(F)F)ccc1C(F)(F)F. The van der Waals surface area contributed by atoms with E-state index in [9.17, 15) is 35.9 Å². The van der Waals surface area contributed by atoms with Crippen molar-refractivity contribution in [3.8, 4) is 0 Å². The maximum absolute atomic E-state index is 13.6. The van der Waals surface area contributed by atoms with Gasteiger partial charge in [0, 0.05) is 17.4 Å². The van der Waals surface area contributed by atoms with Crippen molar-refractivity contribution in [2.24, 2.45) is 34.5 Å². The quantitative estimate of drug-likeness (QED) is 0.427. The van der Waals surface area contributed by atoms with Gasteiger partial charge in [-0.2, -0.15) is 26.3 Å². The van der Waals surface area contributed by atoms with Crippen LogP contribution in [-0.4, -0.2) is 17.9 Å². The third-order valence-electron chi connectivity index (χ3n) is 9.91. The molecule has 2 N–H and O–H groups in total. The summed E-state index contributed by atoms with van der Waals surface area (Å²) in [7, 11) is 0. The van der Waals surface area contributed by atoms with Crippen LogP contribution in [0.15, 0.2) is 30.4 Å². The summed E-state index contributed by atoms with van der Waals surface area (Å²) in [5, 5.41) is 5.33.